The lowest BCUT2D eigenvalue weighted by atomic mass is 10.1. The van der Waals surface area contributed by atoms with Crippen molar-refractivity contribution in [2.75, 3.05) is 11.9 Å². The normalized spacial score (nSPS) is 10.3. The smallest absolute Gasteiger partial charge is 0.126 e. The van der Waals surface area contributed by atoms with Crippen LogP contribution in [0.5, 0.6) is 0 Å². The third-order valence-corrected chi connectivity index (χ3v) is 2.42. The van der Waals surface area contributed by atoms with Crippen LogP contribution >= 0.6 is 0 Å². The Kier molecular flexibility index (Phi) is 2.72. The third kappa shape index (κ3) is 1.69. The Labute approximate surface area is 94.0 Å². The molecule has 2 rings (SSSR count). The number of rotatable bonds is 3. The van der Waals surface area contributed by atoms with Crippen molar-refractivity contribution in [3.8, 4) is 0 Å². The van der Waals surface area contributed by atoms with Gasteiger partial charge in [0, 0.05) is 18.1 Å². The largest absolute Gasteiger partial charge is 0.384 e. The zero-order chi connectivity index (χ0) is 11.5. The molecule has 0 spiro atoms. The standard InChI is InChI=1S/C12H14N4/c1-2-15-11-8-5-3-4-6-10(8)16-7-9(11)12(13)14/h3-7H,2H2,1H3,(H3,13,14)(H,15,16). The number of hydrogen-bond acceptors (Lipinski definition) is 3. The van der Waals surface area contributed by atoms with E-state index in [1.807, 2.05) is 31.2 Å². The number of nitrogen functional groups attached to an aromatic ring is 1. The van der Waals surface area contributed by atoms with E-state index in [1.54, 1.807) is 6.20 Å². The molecule has 0 amide bonds. The second kappa shape index (κ2) is 4.18. The van der Waals surface area contributed by atoms with E-state index in [0.29, 0.717) is 5.56 Å². The number of para-hydroxylation sites is 1. The Morgan fingerprint density at radius 1 is 1.44 bits per heavy atom. The van der Waals surface area contributed by atoms with Crippen LogP contribution in [-0.2, 0) is 0 Å². The molecule has 82 valence electrons. The molecule has 1 aromatic heterocycles. The molecule has 16 heavy (non-hydrogen) atoms. The van der Waals surface area contributed by atoms with Gasteiger partial charge in [-0.2, -0.15) is 0 Å². The summed E-state index contributed by atoms with van der Waals surface area (Å²) in [6.45, 7) is 2.80. The lowest BCUT2D eigenvalue weighted by Gasteiger charge is -2.12. The van der Waals surface area contributed by atoms with Gasteiger partial charge in [-0.3, -0.25) is 10.4 Å². The van der Waals surface area contributed by atoms with Crippen LogP contribution in [0.3, 0.4) is 0 Å². The number of fused-ring (bicyclic) bond motifs is 1. The summed E-state index contributed by atoms with van der Waals surface area (Å²) in [5.41, 5.74) is 7.99. The molecule has 0 aliphatic rings. The quantitative estimate of drug-likeness (QED) is 0.540. The summed E-state index contributed by atoms with van der Waals surface area (Å²) >= 11 is 0. The van der Waals surface area contributed by atoms with Crippen LogP contribution in [0, 0.1) is 5.41 Å². The molecule has 1 aromatic carbocycles. The van der Waals surface area contributed by atoms with Crippen LogP contribution in [0.2, 0.25) is 0 Å². The van der Waals surface area contributed by atoms with E-state index in [4.69, 9.17) is 11.1 Å². The first-order valence-corrected chi connectivity index (χ1v) is 5.20. The lowest BCUT2D eigenvalue weighted by Crippen LogP contribution is -2.15. The number of pyridine rings is 1. The van der Waals surface area contributed by atoms with Gasteiger partial charge in [0.25, 0.3) is 0 Å². The number of nitrogens with two attached hydrogens (primary N) is 1. The average Bonchev–Trinajstić information content (AvgIpc) is 2.29. The molecule has 0 radical (unpaired) electrons. The number of nitrogens with one attached hydrogen (secondary N) is 2. The molecule has 2 aromatic rings. The Bertz CT molecular complexity index is 534. The number of amidine groups is 1. The highest BCUT2D eigenvalue weighted by Gasteiger charge is 2.09. The van der Waals surface area contributed by atoms with Gasteiger partial charge in [0.05, 0.1) is 16.8 Å². The van der Waals surface area contributed by atoms with Crippen molar-refractivity contribution in [2.24, 2.45) is 5.73 Å². The number of benzene rings is 1. The van der Waals surface area contributed by atoms with Gasteiger partial charge in [0.2, 0.25) is 0 Å². The van der Waals surface area contributed by atoms with Crippen molar-refractivity contribution >= 4 is 22.4 Å². The Morgan fingerprint density at radius 2 is 2.19 bits per heavy atom. The summed E-state index contributed by atoms with van der Waals surface area (Å²) < 4.78 is 0. The number of anilines is 1. The van der Waals surface area contributed by atoms with Crippen LogP contribution in [0.15, 0.2) is 30.5 Å². The van der Waals surface area contributed by atoms with E-state index in [0.717, 1.165) is 23.1 Å². The van der Waals surface area contributed by atoms with Gasteiger partial charge < -0.3 is 11.1 Å². The van der Waals surface area contributed by atoms with Gasteiger partial charge in [0.1, 0.15) is 5.84 Å². The minimum atomic E-state index is 0.0363. The zero-order valence-electron chi connectivity index (χ0n) is 9.12. The van der Waals surface area contributed by atoms with Crippen LogP contribution in [0.1, 0.15) is 12.5 Å². The van der Waals surface area contributed by atoms with E-state index in [2.05, 4.69) is 10.3 Å². The molecule has 0 aliphatic heterocycles. The van der Waals surface area contributed by atoms with Crippen LogP contribution < -0.4 is 11.1 Å². The molecule has 0 saturated carbocycles. The first-order valence-electron chi connectivity index (χ1n) is 5.20. The Balaban J connectivity index is 2.73. The molecular weight excluding hydrogens is 200 g/mol. The predicted molar refractivity (Wildman–Crippen MR) is 66.9 cm³/mol. The van der Waals surface area contributed by atoms with Crippen LogP contribution in [-0.4, -0.2) is 17.4 Å². The maximum Gasteiger partial charge on any atom is 0.126 e. The lowest BCUT2D eigenvalue weighted by molar-refractivity contribution is 1.21. The van der Waals surface area contributed by atoms with Gasteiger partial charge >= 0.3 is 0 Å². The monoisotopic (exact) mass is 214 g/mol. The molecule has 4 nitrogen and oxygen atoms in total. The molecule has 0 fully saturated rings. The van der Waals surface area contributed by atoms with Gasteiger partial charge in [-0.05, 0) is 13.0 Å². The van der Waals surface area contributed by atoms with E-state index in [1.165, 1.54) is 0 Å². The molecule has 0 aliphatic carbocycles. The highest BCUT2D eigenvalue weighted by Crippen LogP contribution is 2.25. The Hall–Kier alpha value is -2.10. The summed E-state index contributed by atoms with van der Waals surface area (Å²) in [6, 6.07) is 7.82. The van der Waals surface area contributed by atoms with Crippen molar-refractivity contribution in [3.63, 3.8) is 0 Å². The molecule has 0 unspecified atom stereocenters. The number of hydrogen-bond donors (Lipinski definition) is 3. The SMILES string of the molecule is CCNc1c(C(=N)N)cnc2ccccc12. The molecule has 1 heterocycles. The topological polar surface area (TPSA) is 74.8 Å². The summed E-state index contributed by atoms with van der Waals surface area (Å²) in [7, 11) is 0. The van der Waals surface area contributed by atoms with Crippen molar-refractivity contribution in [1.82, 2.24) is 4.98 Å². The fourth-order valence-corrected chi connectivity index (χ4v) is 1.71. The number of aromatic nitrogens is 1. The van der Waals surface area contributed by atoms with E-state index in [9.17, 15) is 0 Å². The second-order valence-electron chi connectivity index (χ2n) is 3.51. The van der Waals surface area contributed by atoms with Gasteiger partial charge in [-0.1, -0.05) is 18.2 Å². The summed E-state index contributed by atoms with van der Waals surface area (Å²) in [5, 5.41) is 11.8. The molecule has 4 heteroatoms. The number of nitrogens with zero attached hydrogens (tertiary/aromatic N) is 1. The van der Waals surface area contributed by atoms with E-state index >= 15 is 0 Å². The highest BCUT2D eigenvalue weighted by atomic mass is 14.9. The van der Waals surface area contributed by atoms with Crippen molar-refractivity contribution < 1.29 is 0 Å². The van der Waals surface area contributed by atoms with Crippen LogP contribution in [0.4, 0.5) is 5.69 Å². The fourth-order valence-electron chi connectivity index (χ4n) is 1.71. The molecular formula is C12H14N4. The second-order valence-corrected chi connectivity index (χ2v) is 3.51. The minimum Gasteiger partial charge on any atom is -0.384 e. The fraction of sp³-hybridized carbons (Fsp3) is 0.167. The molecule has 4 N–H and O–H groups in total. The minimum absolute atomic E-state index is 0.0363. The summed E-state index contributed by atoms with van der Waals surface area (Å²) in [6.07, 6.45) is 1.64. The van der Waals surface area contributed by atoms with Crippen molar-refractivity contribution in [1.29, 1.82) is 5.41 Å². The first-order chi connectivity index (χ1) is 7.74. The van der Waals surface area contributed by atoms with Crippen molar-refractivity contribution in [2.45, 2.75) is 6.92 Å². The van der Waals surface area contributed by atoms with Gasteiger partial charge in [0.15, 0.2) is 0 Å². The maximum atomic E-state index is 7.53. The summed E-state index contributed by atoms with van der Waals surface area (Å²) in [5.74, 6) is 0.0363. The average molecular weight is 214 g/mol. The molecule has 0 atom stereocenters. The molecule has 0 bridgehead atoms. The highest BCUT2D eigenvalue weighted by molar-refractivity contribution is 6.07. The third-order valence-electron chi connectivity index (χ3n) is 2.42. The van der Waals surface area contributed by atoms with Gasteiger partial charge in [-0.15, -0.1) is 0 Å². The van der Waals surface area contributed by atoms with E-state index < -0.39 is 0 Å². The Morgan fingerprint density at radius 3 is 2.88 bits per heavy atom. The van der Waals surface area contributed by atoms with E-state index in [-0.39, 0.29) is 5.84 Å². The zero-order valence-corrected chi connectivity index (χ0v) is 9.12. The van der Waals surface area contributed by atoms with Crippen LogP contribution in [0.25, 0.3) is 10.9 Å². The summed E-state index contributed by atoms with van der Waals surface area (Å²) in [4.78, 5) is 4.28. The molecule has 0 saturated heterocycles. The predicted octanol–water partition coefficient (Wildman–Crippen LogP) is 1.95. The first kappa shape index (κ1) is 10.4. The van der Waals surface area contributed by atoms with Gasteiger partial charge in [-0.25, -0.2) is 0 Å². The van der Waals surface area contributed by atoms with Crippen molar-refractivity contribution in [3.05, 3.63) is 36.0 Å². The maximum absolute atomic E-state index is 7.53.